The van der Waals surface area contributed by atoms with Crippen molar-refractivity contribution in [1.82, 2.24) is 0 Å². The van der Waals surface area contributed by atoms with E-state index in [0.717, 1.165) is 5.75 Å². The van der Waals surface area contributed by atoms with Crippen molar-refractivity contribution >= 4 is 29.3 Å². The van der Waals surface area contributed by atoms with Gasteiger partial charge in [-0.3, -0.25) is 14.4 Å². The second kappa shape index (κ2) is 6.19. The number of Topliss-reactive ketones (excluding diaryl/α,β-unsaturated/α-hetero) is 2. The predicted molar refractivity (Wildman–Crippen MR) is 66.1 cm³/mol. The van der Waals surface area contributed by atoms with Gasteiger partial charge in [0.25, 0.3) is 0 Å². The smallest absolute Gasteiger partial charge is 0.314 e. The highest BCUT2D eigenvalue weighted by Gasteiger charge is 2.40. The van der Waals surface area contributed by atoms with Crippen molar-refractivity contribution in [3.05, 3.63) is 0 Å². The van der Waals surface area contributed by atoms with E-state index >= 15 is 0 Å². The molecule has 1 aliphatic carbocycles. The summed E-state index contributed by atoms with van der Waals surface area (Å²) in [6.07, 6.45) is 0.646. The molecule has 1 aliphatic rings. The van der Waals surface area contributed by atoms with Crippen LogP contribution in [0, 0.1) is 11.8 Å². The Kier molecular flexibility index (Phi) is 5.18. The van der Waals surface area contributed by atoms with Crippen molar-refractivity contribution in [2.75, 3.05) is 5.75 Å². The molecule has 5 heteroatoms. The van der Waals surface area contributed by atoms with Crippen LogP contribution in [0.25, 0.3) is 0 Å². The van der Waals surface area contributed by atoms with Gasteiger partial charge in [-0.25, -0.2) is 0 Å². The summed E-state index contributed by atoms with van der Waals surface area (Å²) in [7, 11) is 0. The highest BCUT2D eigenvalue weighted by atomic mass is 32.2. The van der Waals surface area contributed by atoms with Crippen LogP contribution in [0.5, 0.6) is 0 Å². The topological polar surface area (TPSA) is 71.4 Å². The molecule has 3 unspecified atom stereocenters. The number of rotatable bonds is 5. The van der Waals surface area contributed by atoms with Gasteiger partial charge in [0.2, 0.25) is 0 Å². The molecule has 0 aliphatic heterocycles. The Bertz CT molecular complexity index is 326. The fourth-order valence-corrected chi connectivity index (χ4v) is 3.34. The number of hydrogen-bond acceptors (Lipinski definition) is 4. The normalized spacial score (nSPS) is 26.9. The van der Waals surface area contributed by atoms with E-state index in [-0.39, 0.29) is 29.8 Å². The van der Waals surface area contributed by atoms with Crippen molar-refractivity contribution < 1.29 is 19.5 Å². The molecular formula is C12H18O4S. The molecule has 0 radical (unpaired) electrons. The van der Waals surface area contributed by atoms with E-state index in [0.29, 0.717) is 6.42 Å². The van der Waals surface area contributed by atoms with Crippen LogP contribution >= 0.6 is 11.8 Å². The van der Waals surface area contributed by atoms with Gasteiger partial charge in [0.05, 0.1) is 6.42 Å². The average Bonchev–Trinajstić information content (AvgIpc) is 2.15. The van der Waals surface area contributed by atoms with Crippen molar-refractivity contribution in [3.63, 3.8) is 0 Å². The molecule has 1 rings (SSSR count). The summed E-state index contributed by atoms with van der Waals surface area (Å²) in [5, 5.41) is 9.35. The van der Waals surface area contributed by atoms with Crippen LogP contribution in [0.15, 0.2) is 0 Å². The minimum absolute atomic E-state index is 0.119. The molecule has 0 aromatic rings. The van der Waals surface area contributed by atoms with Gasteiger partial charge in [-0.15, -0.1) is 0 Å². The molecule has 0 aromatic heterocycles. The number of carbonyl (C=O) groups is 3. The second-order valence-corrected chi connectivity index (χ2v) is 6.18. The summed E-state index contributed by atoms with van der Waals surface area (Å²) in [6.45, 7) is 4.05. The molecule has 0 bridgehead atoms. The van der Waals surface area contributed by atoms with Gasteiger partial charge in [-0.2, -0.15) is 11.8 Å². The van der Waals surface area contributed by atoms with Crippen LogP contribution in [0.3, 0.4) is 0 Å². The van der Waals surface area contributed by atoms with Gasteiger partial charge >= 0.3 is 5.97 Å². The lowest BCUT2D eigenvalue weighted by Crippen LogP contribution is -2.39. The lowest BCUT2D eigenvalue weighted by atomic mass is 9.75. The number of hydrogen-bond donors (Lipinski definition) is 1. The van der Waals surface area contributed by atoms with E-state index < -0.39 is 17.7 Å². The summed E-state index contributed by atoms with van der Waals surface area (Å²) in [4.78, 5) is 34.0. The average molecular weight is 258 g/mol. The van der Waals surface area contributed by atoms with E-state index in [4.69, 9.17) is 5.11 Å². The first kappa shape index (κ1) is 14.2. The molecule has 0 amide bonds. The van der Waals surface area contributed by atoms with Crippen molar-refractivity contribution in [2.24, 2.45) is 11.8 Å². The Morgan fingerprint density at radius 1 is 1.53 bits per heavy atom. The number of carboxylic acid groups (broad SMARTS) is 1. The first-order valence-corrected chi connectivity index (χ1v) is 6.89. The zero-order chi connectivity index (χ0) is 13.0. The number of thioether (sulfide) groups is 1. The molecule has 0 saturated heterocycles. The molecule has 1 saturated carbocycles. The van der Waals surface area contributed by atoms with Gasteiger partial charge in [0, 0.05) is 11.7 Å². The number of carboxylic acids is 1. The van der Waals surface area contributed by atoms with Crippen LogP contribution in [0.4, 0.5) is 0 Å². The maximum atomic E-state index is 11.6. The van der Waals surface area contributed by atoms with Gasteiger partial charge < -0.3 is 5.11 Å². The third-order valence-corrected chi connectivity index (χ3v) is 4.13. The van der Waals surface area contributed by atoms with E-state index in [2.05, 4.69) is 0 Å². The fourth-order valence-electron chi connectivity index (χ4n) is 2.39. The molecule has 4 nitrogen and oxygen atoms in total. The molecule has 3 atom stereocenters. The number of carbonyl (C=O) groups excluding carboxylic acids is 2. The lowest BCUT2D eigenvalue weighted by Gasteiger charge is -2.28. The third-order valence-electron chi connectivity index (χ3n) is 3.03. The largest absolute Gasteiger partial charge is 0.481 e. The first-order valence-electron chi connectivity index (χ1n) is 5.84. The molecule has 17 heavy (non-hydrogen) atoms. The summed E-state index contributed by atoms with van der Waals surface area (Å²) in [6, 6.07) is 0. The minimum atomic E-state index is -1.08. The highest BCUT2D eigenvalue weighted by molar-refractivity contribution is 7.99. The molecule has 1 N–H and O–H groups in total. The number of aliphatic carboxylic acids is 1. The van der Waals surface area contributed by atoms with Gasteiger partial charge in [-0.05, 0) is 18.1 Å². The van der Waals surface area contributed by atoms with E-state index in [9.17, 15) is 14.4 Å². The summed E-state index contributed by atoms with van der Waals surface area (Å²) < 4.78 is 0. The molecule has 0 aromatic carbocycles. The van der Waals surface area contributed by atoms with Gasteiger partial charge in [-0.1, -0.05) is 13.8 Å². The van der Waals surface area contributed by atoms with Crippen LogP contribution in [0.2, 0.25) is 0 Å². The Balaban J connectivity index is 2.73. The quantitative estimate of drug-likeness (QED) is 0.761. The van der Waals surface area contributed by atoms with Crippen molar-refractivity contribution in [2.45, 2.75) is 38.4 Å². The van der Waals surface area contributed by atoms with Crippen LogP contribution in [-0.2, 0) is 14.4 Å². The zero-order valence-electron chi connectivity index (χ0n) is 10.1. The predicted octanol–water partition coefficient (Wildman–Crippen LogP) is 1.77. The van der Waals surface area contributed by atoms with Crippen molar-refractivity contribution in [1.29, 1.82) is 0 Å². The lowest BCUT2D eigenvalue weighted by molar-refractivity contribution is -0.151. The first-order chi connectivity index (χ1) is 7.95. The van der Waals surface area contributed by atoms with Crippen LogP contribution in [-0.4, -0.2) is 33.6 Å². The maximum Gasteiger partial charge on any atom is 0.314 e. The Morgan fingerprint density at radius 3 is 2.71 bits per heavy atom. The van der Waals surface area contributed by atoms with E-state index in [1.54, 1.807) is 11.8 Å². The Morgan fingerprint density at radius 2 is 2.18 bits per heavy atom. The Labute approximate surface area is 105 Å². The molecule has 0 spiro atoms. The zero-order valence-corrected chi connectivity index (χ0v) is 11.0. The monoisotopic (exact) mass is 258 g/mol. The van der Waals surface area contributed by atoms with Gasteiger partial charge in [0.15, 0.2) is 5.78 Å². The minimum Gasteiger partial charge on any atom is -0.481 e. The molecule has 1 fully saturated rings. The summed E-state index contributed by atoms with van der Waals surface area (Å²) >= 11 is 1.73. The third kappa shape index (κ3) is 3.84. The standard InChI is InChI=1S/C12H18O4S/c1-3-17-7(2)4-8-5-9(13)6-10(14)11(8)12(15)16/h7-8,11H,3-6H2,1-2H3,(H,15,16). The van der Waals surface area contributed by atoms with Crippen LogP contribution < -0.4 is 0 Å². The van der Waals surface area contributed by atoms with E-state index in [1.807, 2.05) is 13.8 Å². The molecular weight excluding hydrogens is 240 g/mol. The fraction of sp³-hybridized carbons (Fsp3) is 0.750. The second-order valence-electron chi connectivity index (χ2n) is 4.46. The number of ketones is 2. The van der Waals surface area contributed by atoms with E-state index in [1.165, 1.54) is 0 Å². The Hall–Kier alpha value is -0.840. The summed E-state index contributed by atoms with van der Waals surface area (Å²) in [5.74, 6) is -1.98. The van der Waals surface area contributed by atoms with Crippen LogP contribution in [0.1, 0.15) is 33.1 Å². The summed E-state index contributed by atoms with van der Waals surface area (Å²) in [5.41, 5.74) is 0. The highest BCUT2D eigenvalue weighted by Crippen LogP contribution is 2.32. The molecule has 0 heterocycles. The van der Waals surface area contributed by atoms with Gasteiger partial charge in [0.1, 0.15) is 11.7 Å². The maximum absolute atomic E-state index is 11.6. The molecule has 96 valence electrons. The SMILES string of the molecule is CCSC(C)CC1CC(=O)CC(=O)C1C(=O)O. The van der Waals surface area contributed by atoms with Crippen molar-refractivity contribution in [3.8, 4) is 0 Å².